The Hall–Kier alpha value is -1.80. The van der Waals surface area contributed by atoms with E-state index < -0.39 is 0 Å². The molecule has 0 atom stereocenters. The second-order valence-corrected chi connectivity index (χ2v) is 7.29. The second kappa shape index (κ2) is 11.3. The standard InChI is InChI=1S/C22H30N4O.HI/c1-17-10-12-26(13-11-17)16-19-7-4-3-6-18(19)15-24-22(23)25-20-8-5-9-21(14-20)27-2;/h3-9,14,17H,10-13,15-16H2,1-2H3,(H3,23,24,25);1H. The lowest BCUT2D eigenvalue weighted by molar-refractivity contribution is 0.185. The minimum absolute atomic E-state index is 0. The van der Waals surface area contributed by atoms with Crippen molar-refractivity contribution in [2.24, 2.45) is 16.6 Å². The average molecular weight is 494 g/mol. The van der Waals surface area contributed by atoms with Crippen LogP contribution in [0.5, 0.6) is 5.75 Å². The van der Waals surface area contributed by atoms with Gasteiger partial charge in [-0.2, -0.15) is 0 Å². The van der Waals surface area contributed by atoms with Gasteiger partial charge in [-0.05, 0) is 55.1 Å². The summed E-state index contributed by atoms with van der Waals surface area (Å²) in [6.45, 7) is 6.26. The largest absolute Gasteiger partial charge is 0.497 e. The monoisotopic (exact) mass is 494 g/mol. The number of guanidine groups is 1. The molecule has 0 radical (unpaired) electrons. The first-order valence-electron chi connectivity index (χ1n) is 9.64. The van der Waals surface area contributed by atoms with Gasteiger partial charge in [0.05, 0.1) is 13.7 Å². The normalized spacial score (nSPS) is 15.7. The van der Waals surface area contributed by atoms with E-state index in [2.05, 4.69) is 46.4 Å². The van der Waals surface area contributed by atoms with Gasteiger partial charge in [0.2, 0.25) is 0 Å². The zero-order valence-corrected chi connectivity index (χ0v) is 19.1. The van der Waals surface area contributed by atoms with Crippen molar-refractivity contribution in [2.75, 3.05) is 25.5 Å². The molecule has 1 heterocycles. The fraction of sp³-hybridized carbons (Fsp3) is 0.409. The van der Waals surface area contributed by atoms with E-state index in [0.717, 1.165) is 23.9 Å². The predicted octanol–water partition coefficient (Wildman–Crippen LogP) is 4.47. The first kappa shape index (κ1) is 22.5. The molecule has 3 rings (SSSR count). The van der Waals surface area contributed by atoms with Crippen molar-refractivity contribution in [2.45, 2.75) is 32.9 Å². The molecule has 6 heteroatoms. The molecule has 5 nitrogen and oxygen atoms in total. The highest BCUT2D eigenvalue weighted by molar-refractivity contribution is 14.0. The zero-order chi connectivity index (χ0) is 19.1. The van der Waals surface area contributed by atoms with Crippen LogP contribution in [0.1, 0.15) is 30.9 Å². The maximum Gasteiger partial charge on any atom is 0.193 e. The molecule has 0 unspecified atom stereocenters. The highest BCUT2D eigenvalue weighted by Gasteiger charge is 2.16. The topological polar surface area (TPSA) is 62.9 Å². The van der Waals surface area contributed by atoms with Crippen LogP contribution in [-0.4, -0.2) is 31.1 Å². The first-order valence-corrected chi connectivity index (χ1v) is 9.64. The number of halogens is 1. The SMILES string of the molecule is COc1cccc(NC(N)=NCc2ccccc2CN2CCC(C)CC2)c1.I. The molecule has 0 spiro atoms. The number of methoxy groups -OCH3 is 1. The molecule has 152 valence electrons. The first-order chi connectivity index (χ1) is 13.1. The lowest BCUT2D eigenvalue weighted by Crippen LogP contribution is -2.32. The minimum Gasteiger partial charge on any atom is -0.497 e. The van der Waals surface area contributed by atoms with Gasteiger partial charge in [0, 0.05) is 18.3 Å². The van der Waals surface area contributed by atoms with Crippen molar-refractivity contribution >= 4 is 35.6 Å². The maximum atomic E-state index is 6.08. The highest BCUT2D eigenvalue weighted by atomic mass is 127. The Balaban J connectivity index is 0.00000280. The lowest BCUT2D eigenvalue weighted by Gasteiger charge is -2.30. The third-order valence-electron chi connectivity index (χ3n) is 5.15. The summed E-state index contributed by atoms with van der Waals surface area (Å²) >= 11 is 0. The van der Waals surface area contributed by atoms with Crippen LogP contribution in [0, 0.1) is 5.92 Å². The number of nitrogens with one attached hydrogen (secondary N) is 1. The van der Waals surface area contributed by atoms with Gasteiger partial charge >= 0.3 is 0 Å². The maximum absolute atomic E-state index is 6.08. The van der Waals surface area contributed by atoms with Crippen LogP contribution in [-0.2, 0) is 13.1 Å². The molecule has 28 heavy (non-hydrogen) atoms. The van der Waals surface area contributed by atoms with Crippen LogP contribution >= 0.6 is 24.0 Å². The molecular weight excluding hydrogens is 463 g/mol. The molecule has 0 bridgehead atoms. The summed E-state index contributed by atoms with van der Waals surface area (Å²) in [7, 11) is 1.65. The molecule has 3 N–H and O–H groups in total. The molecule has 2 aromatic rings. The summed E-state index contributed by atoms with van der Waals surface area (Å²) in [4.78, 5) is 7.08. The summed E-state index contributed by atoms with van der Waals surface area (Å²) in [6, 6.07) is 16.2. The number of piperidine rings is 1. The number of likely N-dealkylation sites (tertiary alicyclic amines) is 1. The van der Waals surface area contributed by atoms with Gasteiger partial charge in [-0.15, -0.1) is 24.0 Å². The quantitative estimate of drug-likeness (QED) is 0.354. The molecule has 0 amide bonds. The molecule has 1 aliphatic rings. The van der Waals surface area contributed by atoms with Gasteiger partial charge in [-0.3, -0.25) is 4.90 Å². The molecule has 0 aromatic heterocycles. The van der Waals surface area contributed by atoms with Crippen LogP contribution in [0.2, 0.25) is 0 Å². The number of nitrogens with zero attached hydrogens (tertiary/aromatic N) is 2. The van der Waals surface area contributed by atoms with Crippen LogP contribution in [0.25, 0.3) is 0 Å². The molecule has 2 aromatic carbocycles. The van der Waals surface area contributed by atoms with Crippen molar-refractivity contribution in [1.82, 2.24) is 4.90 Å². The molecule has 1 aliphatic heterocycles. The zero-order valence-electron chi connectivity index (χ0n) is 16.7. The Bertz CT molecular complexity index is 773. The van der Waals surface area contributed by atoms with Crippen LogP contribution in [0.4, 0.5) is 5.69 Å². The van der Waals surface area contributed by atoms with E-state index in [0.29, 0.717) is 12.5 Å². The Morgan fingerprint density at radius 1 is 1.14 bits per heavy atom. The van der Waals surface area contributed by atoms with Gasteiger partial charge < -0.3 is 15.8 Å². The van der Waals surface area contributed by atoms with E-state index in [9.17, 15) is 0 Å². The van der Waals surface area contributed by atoms with Crippen LogP contribution < -0.4 is 15.8 Å². The molecule has 0 saturated carbocycles. The Morgan fingerprint density at radius 2 is 1.86 bits per heavy atom. The van der Waals surface area contributed by atoms with Crippen molar-refractivity contribution in [3.05, 3.63) is 59.7 Å². The number of rotatable bonds is 6. The molecule has 1 saturated heterocycles. The summed E-state index contributed by atoms with van der Waals surface area (Å²) in [6.07, 6.45) is 2.58. The number of nitrogens with two attached hydrogens (primary N) is 1. The van der Waals surface area contributed by atoms with Crippen molar-refractivity contribution in [3.63, 3.8) is 0 Å². The van der Waals surface area contributed by atoms with Crippen molar-refractivity contribution in [3.8, 4) is 5.75 Å². The molecule has 1 fully saturated rings. The van der Waals surface area contributed by atoms with Gasteiger partial charge in [0.15, 0.2) is 5.96 Å². The smallest absolute Gasteiger partial charge is 0.193 e. The van der Waals surface area contributed by atoms with E-state index >= 15 is 0 Å². The van der Waals surface area contributed by atoms with E-state index in [1.807, 2.05) is 24.3 Å². The Morgan fingerprint density at radius 3 is 2.57 bits per heavy atom. The van der Waals surface area contributed by atoms with Crippen molar-refractivity contribution in [1.29, 1.82) is 0 Å². The number of aliphatic imine (C=N–C) groups is 1. The molecular formula is C22H31IN4O. The van der Waals surface area contributed by atoms with Gasteiger partial charge in [0.1, 0.15) is 5.75 Å². The summed E-state index contributed by atoms with van der Waals surface area (Å²) in [5.41, 5.74) is 9.52. The van der Waals surface area contributed by atoms with E-state index in [4.69, 9.17) is 10.5 Å². The fourth-order valence-corrected chi connectivity index (χ4v) is 3.39. The highest BCUT2D eigenvalue weighted by Crippen LogP contribution is 2.20. The summed E-state index contributed by atoms with van der Waals surface area (Å²) in [5.74, 6) is 2.04. The van der Waals surface area contributed by atoms with Gasteiger partial charge in [0.25, 0.3) is 0 Å². The van der Waals surface area contributed by atoms with E-state index in [1.165, 1.54) is 37.1 Å². The van der Waals surface area contributed by atoms with Gasteiger partial charge in [-0.25, -0.2) is 4.99 Å². The van der Waals surface area contributed by atoms with E-state index in [-0.39, 0.29) is 24.0 Å². The number of ether oxygens (including phenoxy) is 1. The van der Waals surface area contributed by atoms with Gasteiger partial charge in [-0.1, -0.05) is 37.3 Å². The van der Waals surface area contributed by atoms with Crippen LogP contribution in [0.15, 0.2) is 53.5 Å². The minimum atomic E-state index is 0. The average Bonchev–Trinajstić information content (AvgIpc) is 2.69. The van der Waals surface area contributed by atoms with Crippen molar-refractivity contribution < 1.29 is 4.74 Å². The Kier molecular flexibility index (Phi) is 9.05. The number of hydrogen-bond acceptors (Lipinski definition) is 3. The molecule has 0 aliphatic carbocycles. The van der Waals surface area contributed by atoms with Crippen LogP contribution in [0.3, 0.4) is 0 Å². The predicted molar refractivity (Wildman–Crippen MR) is 127 cm³/mol. The summed E-state index contributed by atoms with van der Waals surface area (Å²) < 4.78 is 5.23. The number of anilines is 1. The lowest BCUT2D eigenvalue weighted by atomic mass is 9.98. The summed E-state index contributed by atoms with van der Waals surface area (Å²) in [5, 5.41) is 3.13. The van der Waals surface area contributed by atoms with E-state index in [1.54, 1.807) is 7.11 Å². The number of benzene rings is 2. The third kappa shape index (κ3) is 6.67. The Labute approximate surface area is 185 Å². The number of hydrogen-bond donors (Lipinski definition) is 2. The second-order valence-electron chi connectivity index (χ2n) is 7.29. The fourth-order valence-electron chi connectivity index (χ4n) is 3.39. The third-order valence-corrected chi connectivity index (χ3v) is 5.15.